The topological polar surface area (TPSA) is 57.5 Å². The van der Waals surface area contributed by atoms with Gasteiger partial charge in [-0.05, 0) is 42.7 Å². The number of carbonyl (C=O) groups excluding carboxylic acids is 1. The molecule has 2 unspecified atom stereocenters. The Labute approximate surface area is 191 Å². The normalized spacial score (nSPS) is 20.2. The number of hydrogen-bond acceptors (Lipinski definition) is 3. The van der Waals surface area contributed by atoms with Gasteiger partial charge in [-0.2, -0.15) is 0 Å². The van der Waals surface area contributed by atoms with Gasteiger partial charge in [0, 0.05) is 25.9 Å². The molecule has 5 nitrogen and oxygen atoms in total. The summed E-state index contributed by atoms with van der Waals surface area (Å²) in [5.74, 6) is -0.0557. The number of aliphatic hydroxyl groups excluding tert-OH is 1. The summed E-state index contributed by atoms with van der Waals surface area (Å²) in [4.78, 5) is 15.7. The number of rotatable bonds is 5. The molecule has 2 N–H and O–H groups in total. The van der Waals surface area contributed by atoms with Gasteiger partial charge in [0.15, 0.2) is 0 Å². The van der Waals surface area contributed by atoms with Crippen molar-refractivity contribution >= 4 is 5.91 Å². The Kier molecular flexibility index (Phi) is 6.10. The lowest BCUT2D eigenvalue weighted by molar-refractivity contribution is 0.0112. The Balaban J connectivity index is 0.00000259. The Morgan fingerprint density at radius 3 is 2.44 bits per heavy atom. The van der Waals surface area contributed by atoms with Gasteiger partial charge in [-0.1, -0.05) is 68.1 Å². The van der Waals surface area contributed by atoms with Crippen molar-refractivity contribution in [3.8, 4) is 5.69 Å². The zero-order valence-electron chi connectivity index (χ0n) is 18.4. The van der Waals surface area contributed by atoms with E-state index >= 15 is 0 Å². The third-order valence-corrected chi connectivity index (χ3v) is 6.83. The monoisotopic (exact) mass is 431 g/mol. The van der Waals surface area contributed by atoms with Crippen LogP contribution in [-0.2, 0) is 6.54 Å². The van der Waals surface area contributed by atoms with E-state index in [2.05, 4.69) is 9.88 Å². The average molecular weight is 432 g/mol. The van der Waals surface area contributed by atoms with Crippen molar-refractivity contribution in [1.29, 1.82) is 0 Å². The first-order valence-electron chi connectivity index (χ1n) is 11.8. The molecule has 2 heterocycles. The van der Waals surface area contributed by atoms with E-state index in [4.69, 9.17) is 0 Å². The SMILES string of the molecule is O=C1c2ccccc2-n2cccc2C(C(O)NC2CCCCCC2)N1Cc1ccccc1.[HH]. The molecule has 3 aromatic rings. The molecule has 0 radical (unpaired) electrons. The largest absolute Gasteiger partial charge is 0.376 e. The lowest BCUT2D eigenvalue weighted by atomic mass is 10.0. The molecule has 168 valence electrons. The van der Waals surface area contributed by atoms with E-state index in [1.165, 1.54) is 25.7 Å². The van der Waals surface area contributed by atoms with E-state index in [0.29, 0.717) is 12.1 Å². The van der Waals surface area contributed by atoms with Gasteiger partial charge in [0.05, 0.1) is 11.3 Å². The molecular weight excluding hydrogens is 398 g/mol. The molecule has 2 aromatic carbocycles. The van der Waals surface area contributed by atoms with E-state index in [-0.39, 0.29) is 13.4 Å². The fourth-order valence-electron chi connectivity index (χ4n) is 5.22. The van der Waals surface area contributed by atoms with Gasteiger partial charge in [0.25, 0.3) is 5.91 Å². The molecule has 1 aromatic heterocycles. The van der Waals surface area contributed by atoms with E-state index in [9.17, 15) is 9.90 Å². The zero-order valence-corrected chi connectivity index (χ0v) is 18.4. The number of carbonyl (C=O) groups is 1. The summed E-state index contributed by atoms with van der Waals surface area (Å²) in [6.45, 7) is 0.438. The smallest absolute Gasteiger partial charge is 0.256 e. The maximum atomic E-state index is 13.8. The molecule has 0 bridgehead atoms. The van der Waals surface area contributed by atoms with Gasteiger partial charge >= 0.3 is 0 Å². The van der Waals surface area contributed by atoms with Crippen LogP contribution in [0.2, 0.25) is 0 Å². The van der Waals surface area contributed by atoms with Crippen LogP contribution in [0.3, 0.4) is 0 Å². The predicted octanol–water partition coefficient (Wildman–Crippen LogP) is 5.05. The highest BCUT2D eigenvalue weighted by atomic mass is 16.3. The standard InChI is InChI=1S/C27H31N3O2.H2/c31-26(28-21-13-6-1-2-7-14-21)25-24-17-10-18-29(24)23-16-9-8-15-22(23)27(32)30(25)19-20-11-4-3-5-12-20;/h3-5,8-12,15-18,21,25-26,28,31H,1-2,6-7,13-14,19H2;1H. The highest BCUT2D eigenvalue weighted by Gasteiger charge is 2.38. The summed E-state index contributed by atoms with van der Waals surface area (Å²) in [5, 5.41) is 15.0. The fraction of sp³-hybridized carbons (Fsp3) is 0.370. The average Bonchev–Trinajstić information content (AvgIpc) is 3.11. The van der Waals surface area contributed by atoms with Crippen molar-refractivity contribution in [2.75, 3.05) is 0 Å². The van der Waals surface area contributed by atoms with Crippen molar-refractivity contribution in [3.63, 3.8) is 0 Å². The molecule has 32 heavy (non-hydrogen) atoms. The molecular formula is C27H33N3O2. The maximum absolute atomic E-state index is 13.8. The van der Waals surface area contributed by atoms with Crippen LogP contribution in [0, 0.1) is 0 Å². The van der Waals surface area contributed by atoms with Gasteiger partial charge in [-0.15, -0.1) is 0 Å². The van der Waals surface area contributed by atoms with Crippen LogP contribution in [0.1, 0.15) is 67.6 Å². The number of fused-ring (bicyclic) bond motifs is 3. The van der Waals surface area contributed by atoms with Crippen molar-refractivity contribution < 1.29 is 11.3 Å². The number of nitrogens with zero attached hydrogens (tertiary/aromatic N) is 2. The number of para-hydroxylation sites is 1. The van der Waals surface area contributed by atoms with Crippen LogP contribution in [-0.4, -0.2) is 32.8 Å². The highest BCUT2D eigenvalue weighted by molar-refractivity contribution is 5.98. The second-order valence-electron chi connectivity index (χ2n) is 8.98. The van der Waals surface area contributed by atoms with Crippen LogP contribution in [0.15, 0.2) is 72.9 Å². The lowest BCUT2D eigenvalue weighted by Gasteiger charge is -2.36. The molecule has 1 amide bonds. The Bertz CT molecular complexity index is 1060. The van der Waals surface area contributed by atoms with E-state index in [1.807, 2.05) is 77.8 Å². The highest BCUT2D eigenvalue weighted by Crippen LogP contribution is 2.35. The van der Waals surface area contributed by atoms with Crippen molar-refractivity contribution in [1.82, 2.24) is 14.8 Å². The molecule has 0 saturated heterocycles. The first-order valence-corrected chi connectivity index (χ1v) is 11.8. The van der Waals surface area contributed by atoms with E-state index in [1.54, 1.807) is 0 Å². The number of aromatic nitrogens is 1. The number of amides is 1. The van der Waals surface area contributed by atoms with Gasteiger partial charge < -0.3 is 14.6 Å². The first kappa shape index (κ1) is 21.0. The van der Waals surface area contributed by atoms with Crippen LogP contribution in [0.5, 0.6) is 0 Å². The predicted molar refractivity (Wildman–Crippen MR) is 128 cm³/mol. The Morgan fingerprint density at radius 2 is 1.66 bits per heavy atom. The van der Waals surface area contributed by atoms with Crippen LogP contribution < -0.4 is 5.32 Å². The third kappa shape index (κ3) is 4.10. The van der Waals surface area contributed by atoms with Crippen LogP contribution >= 0.6 is 0 Å². The Hall–Kier alpha value is -2.89. The summed E-state index contributed by atoms with van der Waals surface area (Å²) in [7, 11) is 0. The molecule has 1 saturated carbocycles. The van der Waals surface area contributed by atoms with Crippen molar-refractivity contribution in [2.45, 2.75) is 63.4 Å². The van der Waals surface area contributed by atoms with Crippen molar-refractivity contribution in [3.05, 3.63) is 89.7 Å². The minimum atomic E-state index is -0.853. The fourth-order valence-corrected chi connectivity index (χ4v) is 5.22. The minimum Gasteiger partial charge on any atom is -0.376 e. The van der Waals surface area contributed by atoms with E-state index < -0.39 is 12.3 Å². The summed E-state index contributed by atoms with van der Waals surface area (Å²) in [6, 6.07) is 21.5. The summed E-state index contributed by atoms with van der Waals surface area (Å²) < 4.78 is 2.06. The van der Waals surface area contributed by atoms with Gasteiger partial charge in [0.1, 0.15) is 12.3 Å². The molecule has 2 atom stereocenters. The summed E-state index contributed by atoms with van der Waals surface area (Å²) in [5.41, 5.74) is 3.49. The lowest BCUT2D eigenvalue weighted by Crippen LogP contribution is -2.49. The van der Waals surface area contributed by atoms with E-state index in [0.717, 1.165) is 29.8 Å². The second kappa shape index (κ2) is 9.31. The Morgan fingerprint density at radius 1 is 0.938 bits per heavy atom. The van der Waals surface area contributed by atoms with Crippen molar-refractivity contribution in [2.24, 2.45) is 0 Å². The first-order chi connectivity index (χ1) is 15.7. The second-order valence-corrected chi connectivity index (χ2v) is 8.98. The van der Waals surface area contributed by atoms with Crippen LogP contribution in [0.4, 0.5) is 0 Å². The van der Waals surface area contributed by atoms with Gasteiger partial charge in [0.2, 0.25) is 0 Å². The maximum Gasteiger partial charge on any atom is 0.256 e. The van der Waals surface area contributed by atoms with Crippen LogP contribution in [0.25, 0.3) is 5.69 Å². The quantitative estimate of drug-likeness (QED) is 0.439. The molecule has 5 rings (SSSR count). The van der Waals surface area contributed by atoms with Gasteiger partial charge in [-0.25, -0.2) is 0 Å². The zero-order chi connectivity index (χ0) is 21.9. The number of hydrogen-bond donors (Lipinski definition) is 2. The number of aliphatic hydroxyl groups is 1. The summed E-state index contributed by atoms with van der Waals surface area (Å²) in [6.07, 6.45) is 8.15. The third-order valence-electron chi connectivity index (χ3n) is 6.83. The molecule has 2 aliphatic rings. The molecule has 1 fully saturated rings. The molecule has 0 spiro atoms. The number of nitrogens with one attached hydrogen (secondary N) is 1. The summed E-state index contributed by atoms with van der Waals surface area (Å²) >= 11 is 0. The minimum absolute atomic E-state index is 0. The number of benzene rings is 2. The molecule has 1 aliphatic heterocycles. The molecule has 1 aliphatic carbocycles. The van der Waals surface area contributed by atoms with Gasteiger partial charge in [-0.3, -0.25) is 10.1 Å². The molecule has 5 heteroatoms.